The number of hydrogen-bond acceptors (Lipinski definition) is 6. The fraction of sp³-hybridized carbons (Fsp3) is 0.620. The first-order valence-electron chi connectivity index (χ1n) is 31.3. The molecule has 0 bridgehead atoms. The zero-order valence-corrected chi connectivity index (χ0v) is 49.7. The number of hydrogen-bond donors (Lipinski definition) is 0. The highest BCUT2D eigenvalue weighted by Crippen LogP contribution is 2.15. The van der Waals surface area contributed by atoms with Crippen LogP contribution in [0, 0.1) is 0 Å². The summed E-state index contributed by atoms with van der Waals surface area (Å²) in [6.45, 7) is 6.30. The first-order chi connectivity index (χ1) is 38.0. The molecule has 0 saturated heterocycles. The van der Waals surface area contributed by atoms with E-state index in [4.69, 9.17) is 14.2 Å². The SMILES string of the molecule is CC/C=C\C/C=C\C/C=C\C/C=C\C/C=C\C/C=C\CCCCC(=O)OC(COC(=O)CC/C=C\C/C=C\C/C=C\C/C=C\CC)COC(=O)CCCCCCCCCCCCCCC/C=C\C/C=C\CCCCCCC. The molecule has 77 heavy (non-hydrogen) atoms. The van der Waals surface area contributed by atoms with E-state index >= 15 is 0 Å². The normalized spacial score (nSPS) is 13.1. The fourth-order valence-corrected chi connectivity index (χ4v) is 8.20. The zero-order chi connectivity index (χ0) is 55.7. The van der Waals surface area contributed by atoms with Gasteiger partial charge in [-0.3, -0.25) is 14.4 Å². The smallest absolute Gasteiger partial charge is 0.306 e. The molecule has 0 aliphatic rings. The van der Waals surface area contributed by atoms with Gasteiger partial charge in [-0.15, -0.1) is 0 Å². The van der Waals surface area contributed by atoms with Gasteiger partial charge in [-0.25, -0.2) is 0 Å². The van der Waals surface area contributed by atoms with E-state index in [1.54, 1.807) is 0 Å². The maximum Gasteiger partial charge on any atom is 0.306 e. The minimum Gasteiger partial charge on any atom is -0.462 e. The van der Waals surface area contributed by atoms with Crippen LogP contribution in [0.4, 0.5) is 0 Å². The van der Waals surface area contributed by atoms with Crippen LogP contribution in [0.3, 0.4) is 0 Å². The fourth-order valence-electron chi connectivity index (χ4n) is 8.20. The van der Waals surface area contributed by atoms with Crippen LogP contribution in [0.25, 0.3) is 0 Å². The molecule has 0 aliphatic heterocycles. The average molecular weight is 1060 g/mol. The number of unbranched alkanes of at least 4 members (excludes halogenated alkanes) is 20. The van der Waals surface area contributed by atoms with Crippen molar-refractivity contribution in [3.8, 4) is 0 Å². The largest absolute Gasteiger partial charge is 0.462 e. The Balaban J connectivity index is 4.45. The molecule has 0 aromatic carbocycles. The van der Waals surface area contributed by atoms with E-state index < -0.39 is 6.10 Å². The van der Waals surface area contributed by atoms with Crippen molar-refractivity contribution in [3.05, 3.63) is 146 Å². The Labute approximate surface area is 474 Å². The monoisotopic (exact) mass is 1060 g/mol. The molecule has 0 fully saturated rings. The van der Waals surface area contributed by atoms with E-state index in [1.807, 2.05) is 12.2 Å². The van der Waals surface area contributed by atoms with E-state index in [2.05, 4.69) is 154 Å². The first kappa shape index (κ1) is 72.3. The van der Waals surface area contributed by atoms with Crippen molar-refractivity contribution in [2.75, 3.05) is 13.2 Å². The maximum atomic E-state index is 12.9. The van der Waals surface area contributed by atoms with Crippen molar-refractivity contribution in [2.24, 2.45) is 0 Å². The second-order valence-electron chi connectivity index (χ2n) is 20.2. The van der Waals surface area contributed by atoms with E-state index in [0.717, 1.165) is 103 Å². The van der Waals surface area contributed by atoms with Crippen LogP contribution < -0.4 is 0 Å². The predicted octanol–water partition coefficient (Wildman–Crippen LogP) is 21.5. The van der Waals surface area contributed by atoms with Gasteiger partial charge >= 0.3 is 17.9 Å². The van der Waals surface area contributed by atoms with E-state index in [-0.39, 0.29) is 44.0 Å². The Morgan fingerprint density at radius 3 is 0.896 bits per heavy atom. The topological polar surface area (TPSA) is 78.9 Å². The predicted molar refractivity (Wildman–Crippen MR) is 334 cm³/mol. The summed E-state index contributed by atoms with van der Waals surface area (Å²) < 4.78 is 16.8. The molecule has 6 nitrogen and oxygen atoms in total. The van der Waals surface area contributed by atoms with E-state index in [1.165, 1.54) is 109 Å². The highest BCUT2D eigenvalue weighted by atomic mass is 16.6. The summed E-state index contributed by atoms with van der Waals surface area (Å²) in [6.07, 6.45) is 91.6. The minimum atomic E-state index is -0.837. The first-order valence-corrected chi connectivity index (χ1v) is 31.3. The summed E-state index contributed by atoms with van der Waals surface area (Å²) in [5, 5.41) is 0. The Morgan fingerprint density at radius 1 is 0.273 bits per heavy atom. The summed E-state index contributed by atoms with van der Waals surface area (Å²) in [4.78, 5) is 38.2. The number of ether oxygens (including phenoxy) is 3. The van der Waals surface area contributed by atoms with Gasteiger partial charge in [0, 0.05) is 19.3 Å². The van der Waals surface area contributed by atoms with Gasteiger partial charge in [-0.1, -0.05) is 263 Å². The molecule has 0 aromatic heterocycles. The van der Waals surface area contributed by atoms with Gasteiger partial charge < -0.3 is 14.2 Å². The molecule has 0 aliphatic carbocycles. The van der Waals surface area contributed by atoms with Gasteiger partial charge in [0.1, 0.15) is 13.2 Å². The second kappa shape index (κ2) is 63.8. The maximum absolute atomic E-state index is 12.9. The highest BCUT2D eigenvalue weighted by Gasteiger charge is 2.19. The van der Waals surface area contributed by atoms with Crippen LogP contribution in [0.5, 0.6) is 0 Å². The minimum absolute atomic E-state index is 0.123. The molecule has 0 heterocycles. The van der Waals surface area contributed by atoms with Gasteiger partial charge in [0.2, 0.25) is 0 Å². The Kier molecular flexibility index (Phi) is 59.9. The molecular formula is C71H114O6. The van der Waals surface area contributed by atoms with Gasteiger partial charge in [-0.2, -0.15) is 0 Å². The van der Waals surface area contributed by atoms with Gasteiger partial charge in [0.25, 0.3) is 0 Å². The summed E-state index contributed by atoms with van der Waals surface area (Å²) in [5.74, 6) is -1.06. The number of carbonyl (C=O) groups is 3. The lowest BCUT2D eigenvalue weighted by Gasteiger charge is -2.18. The molecule has 0 spiro atoms. The number of carbonyl (C=O) groups excluding carboxylic acids is 3. The third-order valence-corrected chi connectivity index (χ3v) is 12.8. The molecule has 0 aromatic rings. The van der Waals surface area contributed by atoms with Crippen molar-refractivity contribution >= 4 is 17.9 Å². The molecule has 0 saturated carbocycles. The molecule has 1 atom stereocenters. The van der Waals surface area contributed by atoms with Crippen molar-refractivity contribution in [2.45, 2.75) is 271 Å². The third-order valence-electron chi connectivity index (χ3n) is 12.8. The van der Waals surface area contributed by atoms with Crippen LogP contribution in [0.15, 0.2) is 146 Å². The third kappa shape index (κ3) is 62.0. The molecule has 0 rings (SSSR count). The Hall–Kier alpha value is -4.71. The lowest BCUT2D eigenvalue weighted by Crippen LogP contribution is -2.30. The van der Waals surface area contributed by atoms with Crippen LogP contribution in [0.1, 0.15) is 265 Å². The Bertz CT molecular complexity index is 1700. The standard InChI is InChI=1S/C71H114O6/c1-4-7-10-13-16-19-22-25-27-29-31-33-34-35-36-38-39-41-43-46-49-52-55-58-61-64-70(73)76-67-68(66-75-69(72)63-60-57-54-51-48-45-24-21-18-15-12-9-6-3)77-71(74)65-62-59-56-53-50-47-44-42-40-37-32-30-28-26-23-20-17-14-11-8-5-2/h8-9,11-12,17-18,20-22,25-26,28-29,31-32,37,42,44-45,48,50,53-54,57,68H,4-7,10,13-16,19,23-24,27,30,33-36,38-41,43,46-47,49,51-52,55-56,58-67H2,1-3H3/b11-8-,12-9-,20-17-,21-18-,25-22-,28-26-,31-29-,37-32-,44-42-,48-45-,53-50-,57-54-. The summed E-state index contributed by atoms with van der Waals surface area (Å²) >= 11 is 0. The van der Waals surface area contributed by atoms with Crippen LogP contribution in [-0.2, 0) is 28.6 Å². The Morgan fingerprint density at radius 2 is 0.532 bits per heavy atom. The number of esters is 3. The zero-order valence-electron chi connectivity index (χ0n) is 49.7. The molecule has 0 radical (unpaired) electrons. The van der Waals surface area contributed by atoms with Crippen LogP contribution in [0.2, 0.25) is 0 Å². The van der Waals surface area contributed by atoms with E-state index in [0.29, 0.717) is 19.3 Å². The quantitative estimate of drug-likeness (QED) is 0.0261. The molecule has 0 amide bonds. The van der Waals surface area contributed by atoms with Gasteiger partial charge in [-0.05, 0) is 128 Å². The summed E-state index contributed by atoms with van der Waals surface area (Å²) in [5.41, 5.74) is 0. The summed E-state index contributed by atoms with van der Waals surface area (Å²) in [6, 6.07) is 0. The second-order valence-corrected chi connectivity index (χ2v) is 20.2. The molecule has 1 unspecified atom stereocenters. The molecule has 0 N–H and O–H groups in total. The van der Waals surface area contributed by atoms with Crippen molar-refractivity contribution in [1.82, 2.24) is 0 Å². The van der Waals surface area contributed by atoms with Gasteiger partial charge in [0.15, 0.2) is 6.10 Å². The lowest BCUT2D eigenvalue weighted by atomic mass is 10.0. The van der Waals surface area contributed by atoms with Crippen LogP contribution >= 0.6 is 0 Å². The van der Waals surface area contributed by atoms with Gasteiger partial charge in [0.05, 0.1) is 0 Å². The number of rotatable bonds is 55. The molecular weight excluding hydrogens is 949 g/mol. The van der Waals surface area contributed by atoms with Crippen molar-refractivity contribution in [3.63, 3.8) is 0 Å². The highest BCUT2D eigenvalue weighted by molar-refractivity contribution is 5.71. The average Bonchev–Trinajstić information content (AvgIpc) is 3.43. The molecule has 6 heteroatoms. The van der Waals surface area contributed by atoms with E-state index in [9.17, 15) is 14.4 Å². The van der Waals surface area contributed by atoms with Crippen molar-refractivity contribution in [1.29, 1.82) is 0 Å². The summed E-state index contributed by atoms with van der Waals surface area (Å²) in [7, 11) is 0. The molecule has 434 valence electrons. The lowest BCUT2D eigenvalue weighted by molar-refractivity contribution is -0.166. The number of allylic oxidation sites excluding steroid dienone is 24. The van der Waals surface area contributed by atoms with Crippen LogP contribution in [-0.4, -0.2) is 37.2 Å². The van der Waals surface area contributed by atoms with Crippen molar-refractivity contribution < 1.29 is 28.6 Å².